The Morgan fingerprint density at radius 1 is 1.04 bits per heavy atom. The largest absolute Gasteiger partial charge is 0.333 e. The van der Waals surface area contributed by atoms with Crippen LogP contribution in [0, 0.1) is 11.6 Å². The molecule has 0 radical (unpaired) electrons. The van der Waals surface area contributed by atoms with E-state index in [0.29, 0.717) is 27.6 Å². The molecule has 5 nitrogen and oxygen atoms in total. The van der Waals surface area contributed by atoms with Crippen LogP contribution in [0.5, 0.6) is 0 Å². The van der Waals surface area contributed by atoms with Gasteiger partial charge in [-0.2, -0.15) is 0 Å². The molecule has 0 aliphatic carbocycles. The van der Waals surface area contributed by atoms with Crippen LogP contribution in [0.4, 0.5) is 20.3 Å². The molecular formula is C18H12ClF2N5. The zero-order valence-corrected chi connectivity index (χ0v) is 14.3. The number of imidazole rings is 1. The third kappa shape index (κ3) is 2.86. The summed E-state index contributed by atoms with van der Waals surface area (Å²) in [5, 5.41) is 3.24. The fourth-order valence-electron chi connectivity index (χ4n) is 2.59. The van der Waals surface area contributed by atoms with Crippen LogP contribution in [0.3, 0.4) is 0 Å². The van der Waals surface area contributed by atoms with Crippen LogP contribution in [-0.4, -0.2) is 19.5 Å². The molecule has 4 rings (SSSR count). The number of rotatable bonds is 3. The van der Waals surface area contributed by atoms with Crippen molar-refractivity contribution in [2.75, 3.05) is 5.32 Å². The molecule has 1 N–H and O–H groups in total. The number of benzene rings is 2. The average Bonchev–Trinajstić information content (AvgIpc) is 2.99. The molecule has 2 aromatic carbocycles. The number of aryl methyl sites for hydroxylation is 1. The van der Waals surface area contributed by atoms with E-state index in [0.717, 1.165) is 0 Å². The third-order valence-electron chi connectivity index (χ3n) is 3.85. The van der Waals surface area contributed by atoms with Crippen molar-refractivity contribution in [3.63, 3.8) is 0 Å². The van der Waals surface area contributed by atoms with Gasteiger partial charge in [-0.3, -0.25) is 0 Å². The minimum Gasteiger partial charge on any atom is -0.333 e. The number of fused-ring (bicyclic) bond motifs is 1. The van der Waals surface area contributed by atoms with Gasteiger partial charge in [-0.1, -0.05) is 29.8 Å². The highest BCUT2D eigenvalue weighted by atomic mass is 35.5. The zero-order chi connectivity index (χ0) is 18.3. The number of nitrogens with zero attached hydrogens (tertiary/aromatic N) is 4. The fourth-order valence-corrected chi connectivity index (χ4v) is 2.78. The molecular weight excluding hydrogens is 360 g/mol. The first-order valence-electron chi connectivity index (χ1n) is 7.69. The first-order chi connectivity index (χ1) is 12.5. The van der Waals surface area contributed by atoms with Gasteiger partial charge in [0.05, 0.1) is 6.33 Å². The molecule has 0 saturated carbocycles. The second kappa shape index (κ2) is 6.34. The van der Waals surface area contributed by atoms with Crippen molar-refractivity contribution in [2.24, 2.45) is 7.05 Å². The summed E-state index contributed by atoms with van der Waals surface area (Å²) >= 11 is 6.05. The Labute approximate surface area is 152 Å². The molecule has 130 valence electrons. The molecule has 0 bridgehead atoms. The Morgan fingerprint density at radius 3 is 2.50 bits per heavy atom. The summed E-state index contributed by atoms with van der Waals surface area (Å²) in [6.07, 6.45) is 1.56. The summed E-state index contributed by atoms with van der Waals surface area (Å²) in [4.78, 5) is 13.1. The smallest absolute Gasteiger partial charge is 0.165 e. The maximum absolute atomic E-state index is 14.0. The molecule has 8 heteroatoms. The summed E-state index contributed by atoms with van der Waals surface area (Å²) in [7, 11) is 1.78. The predicted octanol–water partition coefficient (Wildman–Crippen LogP) is 4.71. The maximum Gasteiger partial charge on any atom is 0.165 e. The van der Waals surface area contributed by atoms with E-state index < -0.39 is 11.6 Å². The van der Waals surface area contributed by atoms with Crippen molar-refractivity contribution in [3.8, 4) is 11.4 Å². The Morgan fingerprint density at radius 2 is 1.77 bits per heavy atom. The predicted molar refractivity (Wildman–Crippen MR) is 96.4 cm³/mol. The lowest BCUT2D eigenvalue weighted by Crippen LogP contribution is -2.03. The molecule has 4 aromatic rings. The lowest BCUT2D eigenvalue weighted by Gasteiger charge is -2.10. The maximum atomic E-state index is 14.0. The molecule has 2 aromatic heterocycles. The van der Waals surface area contributed by atoms with E-state index in [1.165, 1.54) is 18.2 Å². The second-order valence-corrected chi connectivity index (χ2v) is 6.09. The number of anilines is 2. The molecule has 0 fully saturated rings. The van der Waals surface area contributed by atoms with Crippen LogP contribution < -0.4 is 5.32 Å². The number of nitrogens with one attached hydrogen (secondary N) is 1. The van der Waals surface area contributed by atoms with E-state index in [1.807, 2.05) is 0 Å². The van der Waals surface area contributed by atoms with Crippen molar-refractivity contribution in [2.45, 2.75) is 0 Å². The van der Waals surface area contributed by atoms with E-state index in [4.69, 9.17) is 11.6 Å². The second-order valence-electron chi connectivity index (χ2n) is 5.66. The van der Waals surface area contributed by atoms with Gasteiger partial charge in [0.2, 0.25) is 0 Å². The Kier molecular flexibility index (Phi) is 4.00. The summed E-state index contributed by atoms with van der Waals surface area (Å²) in [6, 6.07) is 10.7. The van der Waals surface area contributed by atoms with Crippen molar-refractivity contribution < 1.29 is 8.78 Å². The van der Waals surface area contributed by atoms with Gasteiger partial charge in [0.15, 0.2) is 22.8 Å². The van der Waals surface area contributed by atoms with Crippen LogP contribution in [0.2, 0.25) is 5.02 Å². The first kappa shape index (κ1) is 16.4. The van der Waals surface area contributed by atoms with Gasteiger partial charge in [0.1, 0.15) is 17.3 Å². The molecule has 0 spiro atoms. The summed E-state index contributed by atoms with van der Waals surface area (Å²) < 4.78 is 29.8. The van der Waals surface area contributed by atoms with E-state index in [2.05, 4.69) is 20.3 Å². The molecule has 0 aliphatic rings. The topological polar surface area (TPSA) is 55.6 Å². The van der Waals surface area contributed by atoms with Crippen LogP contribution >= 0.6 is 11.6 Å². The Hall–Kier alpha value is -3.06. The van der Waals surface area contributed by atoms with E-state index in [-0.39, 0.29) is 11.5 Å². The number of para-hydroxylation sites is 1. The molecule has 0 aliphatic heterocycles. The summed E-state index contributed by atoms with van der Waals surface area (Å²) in [5.41, 5.74) is 1.31. The van der Waals surface area contributed by atoms with E-state index in [1.54, 1.807) is 42.2 Å². The van der Waals surface area contributed by atoms with Crippen LogP contribution in [0.1, 0.15) is 0 Å². The normalized spacial score (nSPS) is 11.1. The average molecular weight is 372 g/mol. The van der Waals surface area contributed by atoms with Crippen molar-refractivity contribution in [3.05, 3.63) is 65.4 Å². The number of aromatic nitrogens is 4. The van der Waals surface area contributed by atoms with Crippen LogP contribution in [0.25, 0.3) is 22.6 Å². The molecule has 2 heterocycles. The first-order valence-corrected chi connectivity index (χ1v) is 8.07. The molecule has 0 unspecified atom stereocenters. The fraction of sp³-hybridized carbons (Fsp3) is 0.0556. The van der Waals surface area contributed by atoms with Crippen molar-refractivity contribution in [1.82, 2.24) is 19.5 Å². The highest BCUT2D eigenvalue weighted by Crippen LogP contribution is 2.29. The SMILES string of the molecule is Cn1cnc2c(Nc3c(F)cccc3F)nc(-c3cccc(Cl)c3)nc21. The highest BCUT2D eigenvalue weighted by molar-refractivity contribution is 6.30. The molecule has 26 heavy (non-hydrogen) atoms. The van der Waals surface area contributed by atoms with E-state index >= 15 is 0 Å². The molecule has 0 atom stereocenters. The number of hydrogen-bond acceptors (Lipinski definition) is 4. The van der Waals surface area contributed by atoms with Crippen molar-refractivity contribution >= 4 is 34.3 Å². The van der Waals surface area contributed by atoms with Gasteiger partial charge in [-0.15, -0.1) is 0 Å². The van der Waals surface area contributed by atoms with Crippen LogP contribution in [-0.2, 0) is 7.05 Å². The number of hydrogen-bond donors (Lipinski definition) is 1. The summed E-state index contributed by atoms with van der Waals surface area (Å²) in [5.74, 6) is -0.883. The molecule has 0 amide bonds. The van der Waals surface area contributed by atoms with Crippen molar-refractivity contribution in [1.29, 1.82) is 0 Å². The van der Waals surface area contributed by atoms with Gasteiger partial charge in [0, 0.05) is 17.6 Å². The van der Waals surface area contributed by atoms with Gasteiger partial charge in [0.25, 0.3) is 0 Å². The molecule has 0 saturated heterocycles. The van der Waals surface area contributed by atoms with Gasteiger partial charge in [-0.05, 0) is 24.3 Å². The summed E-state index contributed by atoms with van der Waals surface area (Å²) in [6.45, 7) is 0. The number of halogens is 3. The quantitative estimate of drug-likeness (QED) is 0.567. The lowest BCUT2D eigenvalue weighted by molar-refractivity contribution is 0.590. The standard InChI is InChI=1S/C18H12ClF2N5/c1-26-9-22-15-17(23-14-12(20)6-3-7-13(14)21)24-16(25-18(15)26)10-4-2-5-11(19)8-10/h2-9H,1H3,(H,23,24,25). The van der Waals surface area contributed by atoms with Gasteiger partial charge in [-0.25, -0.2) is 23.7 Å². The minimum atomic E-state index is -0.725. The lowest BCUT2D eigenvalue weighted by atomic mass is 10.2. The zero-order valence-electron chi connectivity index (χ0n) is 13.5. The highest BCUT2D eigenvalue weighted by Gasteiger charge is 2.16. The van der Waals surface area contributed by atoms with Gasteiger partial charge < -0.3 is 9.88 Å². The van der Waals surface area contributed by atoms with Crippen LogP contribution in [0.15, 0.2) is 48.8 Å². The monoisotopic (exact) mass is 371 g/mol. The van der Waals surface area contributed by atoms with E-state index in [9.17, 15) is 8.78 Å². The Balaban J connectivity index is 1.91. The Bertz CT molecular complexity index is 1110. The minimum absolute atomic E-state index is 0.203. The van der Waals surface area contributed by atoms with Gasteiger partial charge >= 0.3 is 0 Å². The third-order valence-corrected chi connectivity index (χ3v) is 4.08.